The Morgan fingerprint density at radius 3 is 2.74 bits per heavy atom. The standard InChI is InChI=1S/C14H22N2O3/c1-4-19-12-6-5-11(9-15-12)13(18)16-10-14(2,3)7-8-17/h5-6,9,17H,4,7-8,10H2,1-3H3,(H,16,18). The van der Waals surface area contributed by atoms with E-state index >= 15 is 0 Å². The predicted molar refractivity (Wildman–Crippen MR) is 73.2 cm³/mol. The van der Waals surface area contributed by atoms with Gasteiger partial charge in [0.2, 0.25) is 5.88 Å². The SMILES string of the molecule is CCOc1ccc(C(=O)NCC(C)(C)CCO)cn1. The first-order chi connectivity index (χ1) is 8.98. The van der Waals surface area contributed by atoms with Crippen molar-refractivity contribution in [1.82, 2.24) is 10.3 Å². The van der Waals surface area contributed by atoms with Gasteiger partial charge >= 0.3 is 0 Å². The van der Waals surface area contributed by atoms with Gasteiger partial charge in [-0.15, -0.1) is 0 Å². The number of ether oxygens (including phenoxy) is 1. The van der Waals surface area contributed by atoms with Crippen LogP contribution in [0.25, 0.3) is 0 Å². The zero-order chi connectivity index (χ0) is 14.3. The number of carbonyl (C=O) groups is 1. The maximum absolute atomic E-state index is 11.9. The Morgan fingerprint density at radius 1 is 1.47 bits per heavy atom. The summed E-state index contributed by atoms with van der Waals surface area (Å²) in [7, 11) is 0. The van der Waals surface area contributed by atoms with Crippen LogP contribution in [0.2, 0.25) is 0 Å². The van der Waals surface area contributed by atoms with E-state index in [0.717, 1.165) is 0 Å². The second kappa shape index (κ2) is 7.09. The molecule has 1 amide bonds. The molecule has 1 heterocycles. The van der Waals surface area contributed by atoms with Gasteiger partial charge in [-0.25, -0.2) is 4.98 Å². The summed E-state index contributed by atoms with van der Waals surface area (Å²) >= 11 is 0. The van der Waals surface area contributed by atoms with E-state index < -0.39 is 0 Å². The summed E-state index contributed by atoms with van der Waals surface area (Å²) in [4.78, 5) is 16.0. The summed E-state index contributed by atoms with van der Waals surface area (Å²) in [6, 6.07) is 3.36. The van der Waals surface area contributed by atoms with Crippen molar-refractivity contribution in [2.24, 2.45) is 5.41 Å². The Morgan fingerprint density at radius 2 is 2.21 bits per heavy atom. The highest BCUT2D eigenvalue weighted by molar-refractivity contribution is 5.93. The molecule has 0 aliphatic carbocycles. The summed E-state index contributed by atoms with van der Waals surface area (Å²) in [5.41, 5.74) is 0.381. The molecule has 0 atom stereocenters. The van der Waals surface area contributed by atoms with Gasteiger partial charge in [0.15, 0.2) is 0 Å². The molecule has 0 aliphatic rings. The average Bonchev–Trinajstić information content (AvgIpc) is 2.37. The number of rotatable bonds is 7. The molecule has 1 aromatic rings. The van der Waals surface area contributed by atoms with Gasteiger partial charge in [-0.3, -0.25) is 4.79 Å². The van der Waals surface area contributed by atoms with E-state index in [-0.39, 0.29) is 17.9 Å². The number of hydrogen-bond acceptors (Lipinski definition) is 4. The van der Waals surface area contributed by atoms with Crippen molar-refractivity contribution >= 4 is 5.91 Å². The predicted octanol–water partition coefficient (Wildman–Crippen LogP) is 1.62. The van der Waals surface area contributed by atoms with Gasteiger partial charge in [0, 0.05) is 25.4 Å². The van der Waals surface area contributed by atoms with Gasteiger partial charge in [-0.1, -0.05) is 13.8 Å². The second-order valence-electron chi connectivity index (χ2n) is 5.14. The first-order valence-electron chi connectivity index (χ1n) is 6.46. The van der Waals surface area contributed by atoms with E-state index in [0.29, 0.717) is 31.0 Å². The molecular formula is C14H22N2O3. The van der Waals surface area contributed by atoms with Crippen molar-refractivity contribution in [2.75, 3.05) is 19.8 Å². The molecule has 2 N–H and O–H groups in total. The van der Waals surface area contributed by atoms with E-state index in [1.165, 1.54) is 6.20 Å². The van der Waals surface area contributed by atoms with Crippen LogP contribution in [-0.4, -0.2) is 35.8 Å². The summed E-state index contributed by atoms with van der Waals surface area (Å²) < 4.78 is 5.22. The second-order valence-corrected chi connectivity index (χ2v) is 5.14. The first kappa shape index (κ1) is 15.4. The molecule has 1 aromatic heterocycles. The molecule has 0 bridgehead atoms. The van der Waals surface area contributed by atoms with Crippen molar-refractivity contribution in [3.8, 4) is 5.88 Å². The zero-order valence-electron chi connectivity index (χ0n) is 11.8. The molecule has 106 valence electrons. The van der Waals surface area contributed by atoms with Crippen molar-refractivity contribution in [1.29, 1.82) is 0 Å². The molecule has 0 unspecified atom stereocenters. The minimum atomic E-state index is -0.165. The number of aliphatic hydroxyl groups excluding tert-OH is 1. The summed E-state index contributed by atoms with van der Waals surface area (Å²) in [6.07, 6.45) is 2.15. The minimum absolute atomic E-state index is 0.119. The summed E-state index contributed by atoms with van der Waals surface area (Å²) in [5.74, 6) is 0.348. The molecule has 19 heavy (non-hydrogen) atoms. The quantitative estimate of drug-likeness (QED) is 0.786. The highest BCUT2D eigenvalue weighted by Crippen LogP contribution is 2.18. The monoisotopic (exact) mass is 266 g/mol. The molecule has 0 aliphatic heterocycles. The van der Waals surface area contributed by atoms with Crippen molar-refractivity contribution < 1.29 is 14.6 Å². The first-order valence-corrected chi connectivity index (χ1v) is 6.46. The van der Waals surface area contributed by atoms with E-state index in [4.69, 9.17) is 9.84 Å². The number of amides is 1. The number of nitrogens with zero attached hydrogens (tertiary/aromatic N) is 1. The van der Waals surface area contributed by atoms with Gasteiger partial charge in [0.1, 0.15) is 0 Å². The lowest BCUT2D eigenvalue weighted by molar-refractivity contribution is 0.0927. The van der Waals surface area contributed by atoms with Crippen LogP contribution in [0.15, 0.2) is 18.3 Å². The Labute approximate surface area is 114 Å². The average molecular weight is 266 g/mol. The van der Waals surface area contributed by atoms with Gasteiger partial charge in [0.25, 0.3) is 5.91 Å². The fourth-order valence-corrected chi connectivity index (χ4v) is 1.56. The normalized spacial score (nSPS) is 11.2. The lowest BCUT2D eigenvalue weighted by atomic mass is 9.90. The number of aromatic nitrogens is 1. The van der Waals surface area contributed by atoms with E-state index in [1.807, 2.05) is 20.8 Å². The molecule has 0 saturated heterocycles. The van der Waals surface area contributed by atoms with Gasteiger partial charge in [-0.05, 0) is 24.8 Å². The third kappa shape index (κ3) is 5.26. The highest BCUT2D eigenvalue weighted by Gasteiger charge is 2.18. The maximum atomic E-state index is 11.9. The number of pyridine rings is 1. The molecular weight excluding hydrogens is 244 g/mol. The van der Waals surface area contributed by atoms with Gasteiger partial charge < -0.3 is 15.2 Å². The minimum Gasteiger partial charge on any atom is -0.478 e. The lowest BCUT2D eigenvalue weighted by Gasteiger charge is -2.23. The summed E-state index contributed by atoms with van der Waals surface area (Å²) in [6.45, 7) is 7.06. The maximum Gasteiger partial charge on any atom is 0.252 e. The fourth-order valence-electron chi connectivity index (χ4n) is 1.56. The van der Waals surface area contributed by atoms with Crippen LogP contribution in [0, 0.1) is 5.41 Å². The van der Waals surface area contributed by atoms with Crippen LogP contribution < -0.4 is 10.1 Å². The van der Waals surface area contributed by atoms with E-state index in [1.54, 1.807) is 12.1 Å². The van der Waals surface area contributed by atoms with Crippen molar-refractivity contribution in [3.05, 3.63) is 23.9 Å². The Hall–Kier alpha value is -1.62. The molecule has 5 heteroatoms. The third-order valence-corrected chi connectivity index (χ3v) is 2.81. The lowest BCUT2D eigenvalue weighted by Crippen LogP contribution is -2.34. The third-order valence-electron chi connectivity index (χ3n) is 2.81. The van der Waals surface area contributed by atoms with Gasteiger partial charge in [0.05, 0.1) is 12.2 Å². The highest BCUT2D eigenvalue weighted by atomic mass is 16.5. The number of hydrogen-bond donors (Lipinski definition) is 2. The van der Waals surface area contributed by atoms with Gasteiger partial charge in [-0.2, -0.15) is 0 Å². The van der Waals surface area contributed by atoms with Crippen LogP contribution in [-0.2, 0) is 0 Å². The van der Waals surface area contributed by atoms with Crippen molar-refractivity contribution in [3.63, 3.8) is 0 Å². The number of carbonyl (C=O) groups excluding carboxylic acids is 1. The molecule has 1 rings (SSSR count). The molecule has 0 fully saturated rings. The van der Waals surface area contributed by atoms with Crippen LogP contribution in [0.4, 0.5) is 0 Å². The number of nitrogens with one attached hydrogen (secondary N) is 1. The van der Waals surface area contributed by atoms with Crippen LogP contribution in [0.3, 0.4) is 0 Å². The largest absolute Gasteiger partial charge is 0.478 e. The zero-order valence-corrected chi connectivity index (χ0v) is 11.8. The Bertz CT molecular complexity index is 402. The molecule has 0 radical (unpaired) electrons. The van der Waals surface area contributed by atoms with E-state index in [9.17, 15) is 4.79 Å². The van der Waals surface area contributed by atoms with Crippen molar-refractivity contribution in [2.45, 2.75) is 27.2 Å². The number of aliphatic hydroxyl groups is 1. The molecule has 0 aromatic carbocycles. The smallest absolute Gasteiger partial charge is 0.252 e. The molecule has 0 saturated carbocycles. The molecule has 5 nitrogen and oxygen atoms in total. The van der Waals surface area contributed by atoms with E-state index in [2.05, 4.69) is 10.3 Å². The van der Waals surface area contributed by atoms with Crippen LogP contribution >= 0.6 is 0 Å². The Balaban J connectivity index is 2.53. The van der Waals surface area contributed by atoms with Crippen LogP contribution in [0.5, 0.6) is 5.88 Å². The Kier molecular flexibility index (Phi) is 5.76. The summed E-state index contributed by atoms with van der Waals surface area (Å²) in [5, 5.41) is 11.8. The van der Waals surface area contributed by atoms with Crippen LogP contribution in [0.1, 0.15) is 37.6 Å². The molecule has 0 spiro atoms. The topological polar surface area (TPSA) is 71.5 Å². The fraction of sp³-hybridized carbons (Fsp3) is 0.571.